The number of benzene rings is 3. The van der Waals surface area contributed by atoms with Gasteiger partial charge in [0, 0.05) is 53.7 Å². The summed E-state index contributed by atoms with van der Waals surface area (Å²) in [4.78, 5) is 35.7. The maximum absolute atomic E-state index is 12.8. The minimum Gasteiger partial charge on any atom is -0.361 e. The van der Waals surface area contributed by atoms with Gasteiger partial charge in [0.05, 0.1) is 0 Å². The molecule has 5 aromatic rings. The van der Waals surface area contributed by atoms with Crippen LogP contribution < -0.4 is 10.6 Å². The number of fused-ring (bicyclic) bond motifs is 2. The Morgan fingerprint density at radius 1 is 0.973 bits per heavy atom. The van der Waals surface area contributed by atoms with Crippen LogP contribution in [0.1, 0.15) is 39.3 Å². The summed E-state index contributed by atoms with van der Waals surface area (Å²) in [7, 11) is 0. The smallest absolute Gasteiger partial charge is 0.271 e. The predicted molar refractivity (Wildman–Crippen MR) is 148 cm³/mol. The molecule has 3 N–H and O–H groups in total. The van der Waals surface area contributed by atoms with Crippen molar-refractivity contribution in [1.29, 1.82) is 0 Å². The molecule has 0 atom stereocenters. The average Bonchev–Trinajstić information content (AvgIpc) is 3.57. The number of aromatic amines is 1. The topological polar surface area (TPSA) is 90.1 Å². The molecular formula is C29H27N5O2S. The maximum atomic E-state index is 12.8. The lowest BCUT2D eigenvalue weighted by atomic mass is 10.0. The van der Waals surface area contributed by atoms with Gasteiger partial charge in [-0.05, 0) is 47.4 Å². The highest BCUT2D eigenvalue weighted by Gasteiger charge is 2.23. The third kappa shape index (κ3) is 5.12. The van der Waals surface area contributed by atoms with Gasteiger partial charge < -0.3 is 10.3 Å². The van der Waals surface area contributed by atoms with Crippen molar-refractivity contribution in [3.8, 4) is 0 Å². The zero-order valence-corrected chi connectivity index (χ0v) is 21.1. The Kier molecular flexibility index (Phi) is 6.42. The van der Waals surface area contributed by atoms with Gasteiger partial charge in [0.25, 0.3) is 11.8 Å². The highest BCUT2D eigenvalue weighted by Crippen LogP contribution is 2.22. The summed E-state index contributed by atoms with van der Waals surface area (Å²) >= 11 is 1.25. The van der Waals surface area contributed by atoms with Crippen LogP contribution in [0.2, 0.25) is 0 Å². The summed E-state index contributed by atoms with van der Waals surface area (Å²) in [6, 6.07) is 22.0. The van der Waals surface area contributed by atoms with Gasteiger partial charge in [-0.2, -0.15) is 0 Å². The molecule has 1 fully saturated rings. The van der Waals surface area contributed by atoms with E-state index in [1.54, 1.807) is 11.4 Å². The summed E-state index contributed by atoms with van der Waals surface area (Å²) in [6.07, 6.45) is 3.88. The number of hydrogen-bond acceptors (Lipinski definition) is 5. The van der Waals surface area contributed by atoms with E-state index in [0.29, 0.717) is 16.4 Å². The third-order valence-corrected chi connectivity index (χ3v) is 7.72. The first-order chi connectivity index (χ1) is 18.1. The van der Waals surface area contributed by atoms with E-state index >= 15 is 0 Å². The van der Waals surface area contributed by atoms with Crippen LogP contribution in [0, 0.1) is 0 Å². The van der Waals surface area contributed by atoms with Crippen molar-refractivity contribution >= 4 is 50.0 Å². The number of para-hydroxylation sites is 1. The summed E-state index contributed by atoms with van der Waals surface area (Å²) in [5.74, 6) is -0.438. The number of rotatable bonds is 6. The highest BCUT2D eigenvalue weighted by atomic mass is 32.1. The molecule has 1 aliphatic rings. The first-order valence-corrected chi connectivity index (χ1v) is 13.3. The van der Waals surface area contributed by atoms with E-state index in [1.165, 1.54) is 22.3 Å². The maximum Gasteiger partial charge on any atom is 0.271 e. The molecule has 0 aliphatic carbocycles. The molecule has 3 heterocycles. The van der Waals surface area contributed by atoms with Crippen molar-refractivity contribution in [2.45, 2.75) is 25.4 Å². The second kappa shape index (κ2) is 10.2. The summed E-state index contributed by atoms with van der Waals surface area (Å²) in [5.41, 5.74) is 3.36. The van der Waals surface area contributed by atoms with E-state index in [2.05, 4.69) is 49.9 Å². The molecule has 2 amide bonds. The van der Waals surface area contributed by atoms with Crippen molar-refractivity contribution < 1.29 is 9.59 Å². The van der Waals surface area contributed by atoms with E-state index in [0.717, 1.165) is 48.8 Å². The van der Waals surface area contributed by atoms with Crippen molar-refractivity contribution in [2.75, 3.05) is 18.4 Å². The zero-order valence-electron chi connectivity index (χ0n) is 20.2. The van der Waals surface area contributed by atoms with Crippen LogP contribution in [0.5, 0.6) is 0 Å². The number of carbonyl (C=O) groups excluding carboxylic acids is 2. The highest BCUT2D eigenvalue weighted by molar-refractivity contribution is 7.14. The third-order valence-electron chi connectivity index (χ3n) is 6.96. The second-order valence-electron chi connectivity index (χ2n) is 9.44. The van der Waals surface area contributed by atoms with Gasteiger partial charge in [0.15, 0.2) is 5.13 Å². The van der Waals surface area contributed by atoms with Gasteiger partial charge in [0.1, 0.15) is 5.69 Å². The Hall–Kier alpha value is -4.01. The number of likely N-dealkylation sites (tertiary alicyclic amines) is 1. The molecule has 3 aromatic carbocycles. The zero-order chi connectivity index (χ0) is 25.2. The Bertz CT molecular complexity index is 1580. The van der Waals surface area contributed by atoms with Crippen molar-refractivity contribution in [3.05, 3.63) is 95.1 Å². The fourth-order valence-electron chi connectivity index (χ4n) is 4.93. The molecule has 0 bridgehead atoms. The van der Waals surface area contributed by atoms with Crippen LogP contribution in [-0.2, 0) is 6.54 Å². The van der Waals surface area contributed by atoms with Crippen LogP contribution in [0.4, 0.5) is 5.13 Å². The first kappa shape index (κ1) is 23.4. The molecule has 0 spiro atoms. The second-order valence-corrected chi connectivity index (χ2v) is 10.3. The number of hydrogen-bond donors (Lipinski definition) is 3. The standard InChI is InChI=1S/C29H27N5O2S/c35-27(21-10-9-19-5-1-2-6-20(19)15-21)33-29-32-26(18-37-29)28(36)31-23-11-13-34(14-12-23)17-22-16-30-25-8-4-3-7-24(22)25/h1-10,15-16,18,23,30H,11-14,17H2,(H,31,36)(H,32,33,35). The lowest BCUT2D eigenvalue weighted by molar-refractivity contribution is 0.0904. The van der Waals surface area contributed by atoms with Gasteiger partial charge in [-0.15, -0.1) is 11.3 Å². The number of carbonyl (C=O) groups is 2. The van der Waals surface area contributed by atoms with E-state index in [9.17, 15) is 9.59 Å². The fourth-order valence-corrected chi connectivity index (χ4v) is 5.62. The molecule has 1 aliphatic heterocycles. The molecule has 0 saturated carbocycles. The largest absolute Gasteiger partial charge is 0.361 e. The first-order valence-electron chi connectivity index (χ1n) is 12.5. The van der Waals surface area contributed by atoms with Crippen LogP contribution in [0.3, 0.4) is 0 Å². The molecule has 186 valence electrons. The van der Waals surface area contributed by atoms with Crippen LogP contribution in [0.15, 0.2) is 78.3 Å². The minimum absolute atomic E-state index is 0.115. The Morgan fingerprint density at radius 3 is 2.62 bits per heavy atom. The lowest BCUT2D eigenvalue weighted by Gasteiger charge is -2.32. The minimum atomic E-state index is -0.241. The van der Waals surface area contributed by atoms with E-state index in [4.69, 9.17) is 0 Å². The number of nitrogens with zero attached hydrogens (tertiary/aromatic N) is 2. The van der Waals surface area contributed by atoms with Crippen LogP contribution >= 0.6 is 11.3 Å². The summed E-state index contributed by atoms with van der Waals surface area (Å²) in [6.45, 7) is 2.75. The molecule has 1 saturated heterocycles. The predicted octanol–water partition coefficient (Wildman–Crippen LogP) is 5.42. The van der Waals surface area contributed by atoms with E-state index in [-0.39, 0.29) is 17.9 Å². The summed E-state index contributed by atoms with van der Waals surface area (Å²) in [5, 5.41) is 11.4. The van der Waals surface area contributed by atoms with Gasteiger partial charge in [-0.3, -0.25) is 19.8 Å². The molecule has 2 aromatic heterocycles. The van der Waals surface area contributed by atoms with Gasteiger partial charge in [-0.25, -0.2) is 4.98 Å². The molecule has 0 radical (unpaired) electrons. The molecule has 0 unspecified atom stereocenters. The fraction of sp³-hybridized carbons (Fsp3) is 0.207. The van der Waals surface area contributed by atoms with Crippen molar-refractivity contribution in [3.63, 3.8) is 0 Å². The molecule has 8 heteroatoms. The van der Waals surface area contributed by atoms with Gasteiger partial charge in [-0.1, -0.05) is 48.5 Å². The normalized spacial score (nSPS) is 14.7. The Morgan fingerprint density at radius 2 is 1.76 bits per heavy atom. The number of nitrogens with one attached hydrogen (secondary N) is 3. The summed E-state index contributed by atoms with van der Waals surface area (Å²) < 4.78 is 0. The van der Waals surface area contributed by atoms with Crippen molar-refractivity contribution in [1.82, 2.24) is 20.2 Å². The van der Waals surface area contributed by atoms with Crippen LogP contribution in [-0.4, -0.2) is 45.8 Å². The number of piperidine rings is 1. The number of H-pyrrole nitrogens is 1. The lowest BCUT2D eigenvalue weighted by Crippen LogP contribution is -2.44. The van der Waals surface area contributed by atoms with Gasteiger partial charge >= 0.3 is 0 Å². The van der Waals surface area contributed by atoms with Crippen LogP contribution in [0.25, 0.3) is 21.7 Å². The monoisotopic (exact) mass is 509 g/mol. The average molecular weight is 510 g/mol. The number of thiazole rings is 1. The number of aromatic nitrogens is 2. The molecule has 6 rings (SSSR count). The van der Waals surface area contributed by atoms with Crippen molar-refractivity contribution in [2.24, 2.45) is 0 Å². The Labute approximate surface area is 218 Å². The quantitative estimate of drug-likeness (QED) is 0.285. The molecule has 37 heavy (non-hydrogen) atoms. The van der Waals surface area contributed by atoms with Gasteiger partial charge in [0.2, 0.25) is 0 Å². The molecule has 7 nitrogen and oxygen atoms in total. The number of amides is 2. The molecular weight excluding hydrogens is 482 g/mol. The van der Waals surface area contributed by atoms with E-state index < -0.39 is 0 Å². The van der Waals surface area contributed by atoms with E-state index in [1.807, 2.05) is 42.5 Å². The Balaban J connectivity index is 1.01. The number of anilines is 1. The SMILES string of the molecule is O=C(Nc1nc(C(=O)NC2CCN(Cc3c[nH]c4ccccc34)CC2)cs1)c1ccc2ccccc2c1.